The molecule has 3 aromatic rings. The van der Waals surface area contributed by atoms with Gasteiger partial charge >= 0.3 is 5.97 Å². The van der Waals surface area contributed by atoms with Crippen LogP contribution in [0.1, 0.15) is 38.7 Å². The molecule has 0 aliphatic carbocycles. The van der Waals surface area contributed by atoms with Gasteiger partial charge in [0.05, 0.1) is 30.1 Å². The lowest BCUT2D eigenvalue weighted by Gasteiger charge is -2.35. The molecule has 0 fully saturated rings. The summed E-state index contributed by atoms with van der Waals surface area (Å²) >= 11 is 0. The smallest absolute Gasteiger partial charge is 0.337 e. The van der Waals surface area contributed by atoms with Crippen molar-refractivity contribution < 1.29 is 14.6 Å². The Morgan fingerprint density at radius 2 is 2.12 bits per heavy atom. The number of carbonyl (C=O) groups is 1. The molecule has 1 aromatic heterocycles. The van der Waals surface area contributed by atoms with Crippen LogP contribution < -0.4 is 10.1 Å². The van der Waals surface area contributed by atoms with E-state index in [1.54, 1.807) is 6.20 Å². The molecule has 5 rings (SSSR count). The molecule has 0 saturated carbocycles. The Labute approximate surface area is 187 Å². The number of likely N-dealkylation sites (N-methyl/N-ethyl adjacent to an activating group) is 1. The summed E-state index contributed by atoms with van der Waals surface area (Å²) in [6, 6.07) is 12.7. The number of hydrogen-bond acceptors (Lipinski definition) is 5. The van der Waals surface area contributed by atoms with Gasteiger partial charge in [-0.25, -0.2) is 4.79 Å². The summed E-state index contributed by atoms with van der Waals surface area (Å²) in [6.45, 7) is 4.49. The second-order valence-corrected chi connectivity index (χ2v) is 8.60. The number of carboxylic acids is 1. The molecule has 3 heterocycles. The summed E-state index contributed by atoms with van der Waals surface area (Å²) in [5, 5.41) is 12.8. The van der Waals surface area contributed by atoms with Crippen LogP contribution in [0.5, 0.6) is 5.75 Å². The predicted molar refractivity (Wildman–Crippen MR) is 125 cm³/mol. The van der Waals surface area contributed by atoms with E-state index in [0.717, 1.165) is 31.7 Å². The van der Waals surface area contributed by atoms with Gasteiger partial charge in [0.15, 0.2) is 0 Å². The zero-order valence-corrected chi connectivity index (χ0v) is 18.4. The molecule has 0 radical (unpaired) electrons. The molecule has 2 aliphatic heterocycles. The van der Waals surface area contributed by atoms with Crippen LogP contribution in [0, 0.1) is 6.92 Å². The Morgan fingerprint density at radius 3 is 2.97 bits per heavy atom. The Morgan fingerprint density at radius 1 is 1.25 bits per heavy atom. The second-order valence-electron chi connectivity index (χ2n) is 8.60. The highest BCUT2D eigenvalue weighted by Crippen LogP contribution is 2.39. The highest BCUT2D eigenvalue weighted by molar-refractivity contribution is 5.93. The average molecular weight is 430 g/mol. The number of nitrogens with zero attached hydrogens (tertiary/aromatic N) is 2. The topological polar surface area (TPSA) is 74.7 Å². The fourth-order valence-corrected chi connectivity index (χ4v) is 4.98. The standard InChI is InChI=1S/C26H27N3O3/c1-16-3-6-24-21(9-12-32-24)25(16)18-4-5-19-17(13-18)8-11-29(2)23(19)15-28-22-14-27-10-7-20(22)26(30)31/h3-7,10,13-14,23,28H,8-9,11-12,15H2,1-2H3,(H,30,31)/t23-/m1/s1. The number of nitrogens with one attached hydrogen (secondary N) is 1. The summed E-state index contributed by atoms with van der Waals surface area (Å²) in [5.41, 5.74) is 8.58. The molecule has 1 atom stereocenters. The number of carboxylic acid groups (broad SMARTS) is 1. The minimum atomic E-state index is -0.952. The molecule has 6 heteroatoms. The van der Waals surface area contributed by atoms with Crippen molar-refractivity contribution in [3.05, 3.63) is 76.6 Å². The van der Waals surface area contributed by atoms with Gasteiger partial charge in [-0.15, -0.1) is 0 Å². The van der Waals surface area contributed by atoms with Crippen molar-refractivity contribution >= 4 is 11.7 Å². The van der Waals surface area contributed by atoms with Gasteiger partial charge in [0.25, 0.3) is 0 Å². The van der Waals surface area contributed by atoms with Crippen LogP contribution in [0.3, 0.4) is 0 Å². The van der Waals surface area contributed by atoms with Gasteiger partial charge < -0.3 is 15.2 Å². The van der Waals surface area contributed by atoms with Crippen molar-refractivity contribution in [2.24, 2.45) is 0 Å². The first-order valence-electron chi connectivity index (χ1n) is 11.0. The number of aromatic nitrogens is 1. The first-order chi connectivity index (χ1) is 15.5. The van der Waals surface area contributed by atoms with Crippen molar-refractivity contribution in [2.45, 2.75) is 25.8 Å². The van der Waals surface area contributed by atoms with Crippen LogP contribution in [0.15, 0.2) is 48.8 Å². The zero-order chi connectivity index (χ0) is 22.2. The third-order valence-corrected chi connectivity index (χ3v) is 6.68. The van der Waals surface area contributed by atoms with Crippen LogP contribution in [0.25, 0.3) is 11.1 Å². The average Bonchev–Trinajstić information content (AvgIpc) is 3.27. The zero-order valence-electron chi connectivity index (χ0n) is 18.4. The molecular weight excluding hydrogens is 402 g/mol. The fourth-order valence-electron chi connectivity index (χ4n) is 4.98. The van der Waals surface area contributed by atoms with Crippen LogP contribution in [-0.2, 0) is 12.8 Å². The highest BCUT2D eigenvalue weighted by atomic mass is 16.5. The summed E-state index contributed by atoms with van der Waals surface area (Å²) in [4.78, 5) is 17.9. The van der Waals surface area contributed by atoms with Crippen LogP contribution in [0.4, 0.5) is 5.69 Å². The molecule has 0 amide bonds. The Kier molecular flexibility index (Phi) is 5.31. The monoisotopic (exact) mass is 429 g/mol. The number of anilines is 1. The minimum absolute atomic E-state index is 0.153. The molecule has 0 spiro atoms. The van der Waals surface area contributed by atoms with Crippen molar-refractivity contribution in [3.8, 4) is 16.9 Å². The first kappa shape index (κ1) is 20.5. The maximum Gasteiger partial charge on any atom is 0.337 e. The molecule has 164 valence electrons. The summed E-state index contributed by atoms with van der Waals surface area (Å²) < 4.78 is 5.80. The minimum Gasteiger partial charge on any atom is -0.493 e. The van der Waals surface area contributed by atoms with E-state index in [4.69, 9.17) is 4.74 Å². The fraction of sp³-hybridized carbons (Fsp3) is 0.308. The number of ether oxygens (including phenoxy) is 1. The second kappa shape index (κ2) is 8.28. The number of benzene rings is 2. The molecule has 0 unspecified atom stereocenters. The molecule has 2 aliphatic rings. The van der Waals surface area contributed by atoms with Gasteiger partial charge in [-0.1, -0.05) is 24.3 Å². The molecule has 0 saturated heterocycles. The van der Waals surface area contributed by atoms with E-state index in [-0.39, 0.29) is 11.6 Å². The maximum absolute atomic E-state index is 11.5. The largest absolute Gasteiger partial charge is 0.493 e. The molecule has 32 heavy (non-hydrogen) atoms. The van der Waals surface area contributed by atoms with Gasteiger partial charge in [0.2, 0.25) is 0 Å². The summed E-state index contributed by atoms with van der Waals surface area (Å²) in [7, 11) is 2.12. The Hall–Kier alpha value is -3.38. The van der Waals surface area contributed by atoms with Crippen LogP contribution in [0.2, 0.25) is 0 Å². The lowest BCUT2D eigenvalue weighted by atomic mass is 9.87. The first-order valence-corrected chi connectivity index (χ1v) is 11.0. The normalized spacial score (nSPS) is 17.4. The third-order valence-electron chi connectivity index (χ3n) is 6.68. The van der Waals surface area contributed by atoms with E-state index in [1.807, 2.05) is 0 Å². The lowest BCUT2D eigenvalue weighted by molar-refractivity contribution is 0.0697. The summed E-state index contributed by atoms with van der Waals surface area (Å²) in [5.74, 6) is 0.0579. The molecule has 0 bridgehead atoms. The van der Waals surface area contributed by atoms with Crippen molar-refractivity contribution in [3.63, 3.8) is 0 Å². The number of rotatable bonds is 5. The van der Waals surface area contributed by atoms with E-state index >= 15 is 0 Å². The van der Waals surface area contributed by atoms with E-state index in [9.17, 15) is 9.90 Å². The SMILES string of the molecule is Cc1ccc2c(c1-c1ccc3c(c1)CCN(C)[C@@H]3CNc1cnccc1C(=O)O)CCO2. The molecule has 6 nitrogen and oxygen atoms in total. The number of pyridine rings is 1. The van der Waals surface area contributed by atoms with Gasteiger partial charge in [0.1, 0.15) is 5.75 Å². The molecule has 2 N–H and O–H groups in total. The summed E-state index contributed by atoms with van der Waals surface area (Å²) in [6.07, 6.45) is 5.03. The van der Waals surface area contributed by atoms with E-state index in [1.165, 1.54) is 45.6 Å². The highest BCUT2D eigenvalue weighted by Gasteiger charge is 2.26. The predicted octanol–water partition coefficient (Wildman–Crippen LogP) is 4.33. The van der Waals surface area contributed by atoms with Gasteiger partial charge in [-0.3, -0.25) is 9.88 Å². The number of hydrogen-bond donors (Lipinski definition) is 2. The molecule has 2 aromatic carbocycles. The number of fused-ring (bicyclic) bond motifs is 2. The number of aromatic carboxylic acids is 1. The Balaban J connectivity index is 1.45. The third kappa shape index (κ3) is 3.60. The maximum atomic E-state index is 11.5. The van der Waals surface area contributed by atoms with Crippen molar-refractivity contribution in [1.82, 2.24) is 9.88 Å². The van der Waals surface area contributed by atoms with Crippen LogP contribution in [-0.4, -0.2) is 47.7 Å². The lowest BCUT2D eigenvalue weighted by Crippen LogP contribution is -2.36. The molecular formula is C26H27N3O3. The van der Waals surface area contributed by atoms with Crippen LogP contribution >= 0.6 is 0 Å². The van der Waals surface area contributed by atoms with Gasteiger partial charge in [0, 0.05) is 31.3 Å². The van der Waals surface area contributed by atoms with Crippen molar-refractivity contribution in [1.29, 1.82) is 0 Å². The quantitative estimate of drug-likeness (QED) is 0.629. The van der Waals surface area contributed by atoms with Gasteiger partial charge in [-0.2, -0.15) is 0 Å². The Bertz CT molecular complexity index is 1190. The number of aryl methyl sites for hydroxylation is 1. The van der Waals surface area contributed by atoms with Crippen molar-refractivity contribution in [2.75, 3.05) is 32.1 Å². The van der Waals surface area contributed by atoms with E-state index in [0.29, 0.717) is 12.2 Å². The van der Waals surface area contributed by atoms with Gasteiger partial charge in [-0.05, 0) is 60.3 Å². The van der Waals surface area contributed by atoms with E-state index < -0.39 is 5.97 Å². The van der Waals surface area contributed by atoms with E-state index in [2.05, 4.69) is 59.5 Å².